The first-order chi connectivity index (χ1) is 11.2. The van der Waals surface area contributed by atoms with E-state index in [-0.39, 0.29) is 5.41 Å². The third-order valence-electron chi connectivity index (χ3n) is 5.40. The molecule has 0 amide bonds. The summed E-state index contributed by atoms with van der Waals surface area (Å²) in [5.41, 5.74) is 2.89. The van der Waals surface area contributed by atoms with Gasteiger partial charge in [-0.25, -0.2) is 0 Å². The van der Waals surface area contributed by atoms with Gasteiger partial charge >= 0.3 is 0 Å². The number of hydrogen-bond acceptors (Lipinski definition) is 2. The summed E-state index contributed by atoms with van der Waals surface area (Å²) < 4.78 is 0. The Balaban J connectivity index is 1.72. The van der Waals surface area contributed by atoms with E-state index in [9.17, 15) is 5.11 Å². The summed E-state index contributed by atoms with van der Waals surface area (Å²) >= 11 is 0. The number of nitrogens with zero attached hydrogens (tertiary/aromatic N) is 1. The Bertz CT molecular complexity index is 542. The van der Waals surface area contributed by atoms with Gasteiger partial charge in [0.25, 0.3) is 0 Å². The highest BCUT2D eigenvalue weighted by atomic mass is 16.3. The second kappa shape index (κ2) is 7.29. The predicted molar refractivity (Wildman–Crippen MR) is 95.0 cm³/mol. The lowest BCUT2D eigenvalue weighted by molar-refractivity contribution is -0.0463. The molecule has 0 radical (unpaired) electrons. The van der Waals surface area contributed by atoms with Crippen molar-refractivity contribution in [2.45, 2.75) is 45.3 Å². The lowest BCUT2D eigenvalue weighted by Crippen LogP contribution is -2.51. The van der Waals surface area contributed by atoms with Gasteiger partial charge in [-0.3, -0.25) is 4.90 Å². The molecule has 0 unspecified atom stereocenters. The third-order valence-corrected chi connectivity index (χ3v) is 5.40. The minimum atomic E-state index is 0.163. The van der Waals surface area contributed by atoms with Gasteiger partial charge in [-0.15, -0.1) is 0 Å². The maximum Gasteiger partial charge on any atom is 0.0488 e. The van der Waals surface area contributed by atoms with Crippen molar-refractivity contribution < 1.29 is 5.11 Å². The van der Waals surface area contributed by atoms with E-state index in [0.717, 1.165) is 32.4 Å². The molecule has 0 heterocycles. The van der Waals surface area contributed by atoms with E-state index in [2.05, 4.69) is 72.5 Å². The standard InChI is InChI=1S/C21H27NO/c1-2-21(17-23)13-20(14-21)22(15-18-9-5-3-6-10-18)16-19-11-7-4-8-12-19/h3-12,20,23H,2,13-17H2,1H3/t20-,21+. The van der Waals surface area contributed by atoms with Crippen LogP contribution in [0.5, 0.6) is 0 Å². The van der Waals surface area contributed by atoms with Crippen LogP contribution in [0.1, 0.15) is 37.3 Å². The van der Waals surface area contributed by atoms with Crippen molar-refractivity contribution in [1.29, 1.82) is 0 Å². The number of benzene rings is 2. The van der Waals surface area contributed by atoms with Gasteiger partial charge in [-0.05, 0) is 35.8 Å². The van der Waals surface area contributed by atoms with E-state index in [1.807, 2.05) is 0 Å². The summed E-state index contributed by atoms with van der Waals surface area (Å²) in [6.45, 7) is 4.48. The summed E-state index contributed by atoms with van der Waals surface area (Å²) in [6, 6.07) is 22.0. The van der Waals surface area contributed by atoms with Crippen molar-refractivity contribution >= 4 is 0 Å². The highest BCUT2D eigenvalue weighted by Gasteiger charge is 2.44. The van der Waals surface area contributed by atoms with E-state index >= 15 is 0 Å². The SMILES string of the molecule is CC[C@]1(CO)C[C@@H](N(Cc2ccccc2)Cc2ccccc2)C1. The number of rotatable bonds is 7. The van der Waals surface area contributed by atoms with Gasteiger partial charge in [0.05, 0.1) is 0 Å². The highest BCUT2D eigenvalue weighted by Crippen LogP contribution is 2.46. The molecule has 2 heteroatoms. The molecule has 1 saturated carbocycles. The molecule has 0 aromatic heterocycles. The van der Waals surface area contributed by atoms with Crippen LogP contribution < -0.4 is 0 Å². The second-order valence-corrected chi connectivity index (χ2v) is 6.95. The number of aliphatic hydroxyl groups excluding tert-OH is 1. The van der Waals surface area contributed by atoms with Crippen LogP contribution >= 0.6 is 0 Å². The molecular formula is C21H27NO. The van der Waals surface area contributed by atoms with E-state index in [0.29, 0.717) is 12.6 Å². The molecule has 0 spiro atoms. The summed E-state index contributed by atoms with van der Waals surface area (Å²) in [7, 11) is 0. The predicted octanol–water partition coefficient (Wildman–Crippen LogP) is 4.24. The van der Waals surface area contributed by atoms with Crippen LogP contribution in [0, 0.1) is 5.41 Å². The molecule has 1 aliphatic carbocycles. The summed E-state index contributed by atoms with van der Waals surface area (Å²) in [4.78, 5) is 2.58. The molecule has 122 valence electrons. The molecule has 0 bridgehead atoms. The van der Waals surface area contributed by atoms with Gasteiger partial charge in [-0.2, -0.15) is 0 Å². The van der Waals surface area contributed by atoms with E-state index < -0.39 is 0 Å². The fraction of sp³-hybridized carbons (Fsp3) is 0.429. The molecule has 2 aromatic carbocycles. The van der Waals surface area contributed by atoms with Crippen molar-refractivity contribution in [2.75, 3.05) is 6.61 Å². The van der Waals surface area contributed by atoms with Crippen LogP contribution in [-0.2, 0) is 13.1 Å². The maximum atomic E-state index is 9.70. The maximum absolute atomic E-state index is 9.70. The van der Waals surface area contributed by atoms with Crippen LogP contribution in [0.3, 0.4) is 0 Å². The van der Waals surface area contributed by atoms with Crippen LogP contribution in [0.15, 0.2) is 60.7 Å². The van der Waals surface area contributed by atoms with Crippen LogP contribution in [0.2, 0.25) is 0 Å². The molecule has 1 N–H and O–H groups in total. The molecule has 23 heavy (non-hydrogen) atoms. The van der Waals surface area contributed by atoms with Crippen LogP contribution in [0.25, 0.3) is 0 Å². The molecule has 1 fully saturated rings. The molecule has 0 saturated heterocycles. The Morgan fingerprint density at radius 3 is 1.78 bits per heavy atom. The largest absolute Gasteiger partial charge is 0.396 e. The minimum Gasteiger partial charge on any atom is -0.396 e. The zero-order chi connectivity index (χ0) is 16.1. The van der Waals surface area contributed by atoms with Crippen molar-refractivity contribution in [3.63, 3.8) is 0 Å². The zero-order valence-corrected chi connectivity index (χ0v) is 14.0. The van der Waals surface area contributed by atoms with Crippen LogP contribution in [-0.4, -0.2) is 22.7 Å². The molecule has 2 aromatic rings. The number of hydrogen-bond donors (Lipinski definition) is 1. The Kier molecular flexibility index (Phi) is 5.14. The summed E-state index contributed by atoms with van der Waals surface area (Å²) in [5, 5.41) is 9.70. The quantitative estimate of drug-likeness (QED) is 0.827. The van der Waals surface area contributed by atoms with Gasteiger partial charge < -0.3 is 5.11 Å². The van der Waals surface area contributed by atoms with E-state index in [4.69, 9.17) is 0 Å². The van der Waals surface area contributed by atoms with Gasteiger partial charge in [0.15, 0.2) is 0 Å². The number of aliphatic hydroxyl groups is 1. The van der Waals surface area contributed by atoms with Gasteiger partial charge in [0.2, 0.25) is 0 Å². The molecule has 0 atom stereocenters. The topological polar surface area (TPSA) is 23.5 Å². The smallest absolute Gasteiger partial charge is 0.0488 e. The summed E-state index contributed by atoms with van der Waals surface area (Å²) in [5.74, 6) is 0. The fourth-order valence-corrected chi connectivity index (χ4v) is 3.68. The molecule has 3 rings (SSSR count). The van der Waals surface area contributed by atoms with E-state index in [1.54, 1.807) is 0 Å². The Morgan fingerprint density at radius 2 is 1.39 bits per heavy atom. The van der Waals surface area contributed by atoms with Crippen molar-refractivity contribution in [3.8, 4) is 0 Å². The Hall–Kier alpha value is -1.64. The molecule has 2 nitrogen and oxygen atoms in total. The highest BCUT2D eigenvalue weighted by molar-refractivity contribution is 5.18. The monoisotopic (exact) mass is 309 g/mol. The minimum absolute atomic E-state index is 0.163. The van der Waals surface area contributed by atoms with E-state index in [1.165, 1.54) is 11.1 Å². The fourth-order valence-electron chi connectivity index (χ4n) is 3.68. The second-order valence-electron chi connectivity index (χ2n) is 6.95. The van der Waals surface area contributed by atoms with Crippen molar-refractivity contribution in [2.24, 2.45) is 5.41 Å². The third kappa shape index (κ3) is 3.82. The average Bonchev–Trinajstić information content (AvgIpc) is 2.56. The lowest BCUT2D eigenvalue weighted by Gasteiger charge is -2.51. The normalized spacial score (nSPS) is 23.7. The van der Waals surface area contributed by atoms with Crippen molar-refractivity contribution in [1.82, 2.24) is 4.90 Å². The molecular weight excluding hydrogens is 282 g/mol. The molecule has 0 aliphatic heterocycles. The first kappa shape index (κ1) is 16.2. The Morgan fingerprint density at radius 1 is 0.913 bits per heavy atom. The Labute approximate surface area is 139 Å². The first-order valence-corrected chi connectivity index (χ1v) is 8.67. The van der Waals surface area contributed by atoms with Crippen molar-refractivity contribution in [3.05, 3.63) is 71.8 Å². The zero-order valence-electron chi connectivity index (χ0n) is 14.0. The average molecular weight is 309 g/mol. The van der Waals surface area contributed by atoms with Gasteiger partial charge in [0.1, 0.15) is 0 Å². The lowest BCUT2D eigenvalue weighted by atomic mass is 9.63. The van der Waals surface area contributed by atoms with Gasteiger partial charge in [0, 0.05) is 25.7 Å². The first-order valence-electron chi connectivity index (χ1n) is 8.67. The van der Waals surface area contributed by atoms with Crippen LogP contribution in [0.4, 0.5) is 0 Å². The summed E-state index contributed by atoms with van der Waals surface area (Å²) in [6.07, 6.45) is 3.30. The van der Waals surface area contributed by atoms with Gasteiger partial charge in [-0.1, -0.05) is 67.6 Å². The molecule has 1 aliphatic rings.